The summed E-state index contributed by atoms with van der Waals surface area (Å²) < 4.78 is 64.0. The van der Waals surface area contributed by atoms with Gasteiger partial charge in [-0.3, -0.25) is 4.79 Å². The molecule has 0 aliphatic carbocycles. The van der Waals surface area contributed by atoms with Gasteiger partial charge in [0.2, 0.25) is 6.41 Å². The highest BCUT2D eigenvalue weighted by Gasteiger charge is 2.49. The fourth-order valence-electron chi connectivity index (χ4n) is 2.13. The van der Waals surface area contributed by atoms with Gasteiger partial charge in [0.25, 0.3) is 0 Å². The molecule has 1 aliphatic rings. The van der Waals surface area contributed by atoms with E-state index in [1.807, 2.05) is 13.8 Å². The number of alkyl halides is 3. The zero-order valence-corrected chi connectivity index (χ0v) is 14.6. The van der Waals surface area contributed by atoms with Gasteiger partial charge in [0.15, 0.2) is 5.75 Å². The Balaban J connectivity index is 0.00000139. The second kappa shape index (κ2) is 8.06. The van der Waals surface area contributed by atoms with Crippen LogP contribution in [0.3, 0.4) is 0 Å². The molecule has 1 aliphatic heterocycles. The van der Waals surface area contributed by atoms with Gasteiger partial charge in [-0.2, -0.15) is 21.6 Å². The lowest BCUT2D eigenvalue weighted by atomic mass is 10.0. The molecular weight excluding hydrogens is 371 g/mol. The Morgan fingerprint density at radius 2 is 1.79 bits per heavy atom. The summed E-state index contributed by atoms with van der Waals surface area (Å²) in [6.07, 6.45) is 1.14. The molecule has 24 heavy (non-hydrogen) atoms. The Hall–Kier alpha value is -1.48. The molecule has 2 rings (SSSR count). The van der Waals surface area contributed by atoms with E-state index < -0.39 is 21.4 Å². The number of benzene rings is 1. The molecule has 1 aromatic carbocycles. The lowest BCUT2D eigenvalue weighted by Gasteiger charge is -2.16. The van der Waals surface area contributed by atoms with E-state index in [0.717, 1.165) is 0 Å². The van der Waals surface area contributed by atoms with Gasteiger partial charge in [0.05, 0.1) is 5.02 Å². The number of nitrogens with zero attached hydrogens (tertiary/aromatic N) is 1. The molecule has 0 spiro atoms. The monoisotopic (exact) mass is 387 g/mol. The van der Waals surface area contributed by atoms with Crippen molar-refractivity contribution in [2.45, 2.75) is 32.2 Å². The van der Waals surface area contributed by atoms with Crippen LogP contribution in [0.15, 0.2) is 12.1 Å². The Morgan fingerprint density at radius 3 is 2.33 bits per heavy atom. The Kier molecular flexibility index (Phi) is 6.91. The molecule has 5 nitrogen and oxygen atoms in total. The molecule has 0 aromatic heterocycles. The van der Waals surface area contributed by atoms with Crippen molar-refractivity contribution in [3.05, 3.63) is 28.3 Å². The summed E-state index contributed by atoms with van der Waals surface area (Å²) >= 11 is 5.80. The fraction of sp³-hybridized carbons (Fsp3) is 0.500. The van der Waals surface area contributed by atoms with E-state index >= 15 is 0 Å². The topological polar surface area (TPSA) is 63.7 Å². The van der Waals surface area contributed by atoms with E-state index in [-0.39, 0.29) is 23.6 Å². The van der Waals surface area contributed by atoms with Crippen molar-refractivity contribution in [3.63, 3.8) is 0 Å². The zero-order valence-electron chi connectivity index (χ0n) is 13.1. The average Bonchev–Trinajstić information content (AvgIpc) is 2.73. The largest absolute Gasteiger partial charge is 0.534 e. The predicted octanol–water partition coefficient (Wildman–Crippen LogP) is 3.15. The van der Waals surface area contributed by atoms with Crippen LogP contribution >= 0.6 is 11.6 Å². The molecule has 0 saturated heterocycles. The predicted molar refractivity (Wildman–Crippen MR) is 83.4 cm³/mol. The summed E-state index contributed by atoms with van der Waals surface area (Å²) in [5.74, 6) is -0.524. The Morgan fingerprint density at radius 1 is 1.21 bits per heavy atom. The SMILES string of the molecule is CC.O=CN1CCc2ccc(Cl)c(OS(=O)(=O)C(F)(F)F)c2CC1. The molecule has 0 fully saturated rings. The number of amides is 1. The maximum Gasteiger partial charge on any atom is 0.534 e. The van der Waals surface area contributed by atoms with Crippen molar-refractivity contribution in [3.8, 4) is 5.75 Å². The van der Waals surface area contributed by atoms with Crippen LogP contribution in [0.1, 0.15) is 25.0 Å². The lowest BCUT2D eigenvalue weighted by Crippen LogP contribution is -2.28. The van der Waals surface area contributed by atoms with Crippen LogP contribution in [0, 0.1) is 0 Å². The normalized spacial score (nSPS) is 14.8. The Bertz CT molecular complexity index is 692. The third-order valence-corrected chi connectivity index (χ3v) is 4.50. The molecular formula is C14H17ClF3NO4S. The van der Waals surface area contributed by atoms with E-state index in [4.69, 9.17) is 11.6 Å². The van der Waals surface area contributed by atoms with E-state index in [0.29, 0.717) is 24.9 Å². The highest BCUT2D eigenvalue weighted by atomic mass is 35.5. The van der Waals surface area contributed by atoms with E-state index in [1.165, 1.54) is 11.0 Å². The van der Waals surface area contributed by atoms with Crippen LogP contribution in [0.25, 0.3) is 0 Å². The summed E-state index contributed by atoms with van der Waals surface area (Å²) in [7, 11) is -5.81. The van der Waals surface area contributed by atoms with Gasteiger partial charge < -0.3 is 9.08 Å². The molecule has 136 valence electrons. The van der Waals surface area contributed by atoms with Crippen molar-refractivity contribution >= 4 is 28.1 Å². The number of rotatable bonds is 3. The van der Waals surface area contributed by atoms with Crippen molar-refractivity contribution in [2.24, 2.45) is 0 Å². The fourth-order valence-corrected chi connectivity index (χ4v) is 2.90. The maximum atomic E-state index is 12.5. The third-order valence-electron chi connectivity index (χ3n) is 3.25. The molecule has 0 bridgehead atoms. The first-order valence-corrected chi connectivity index (χ1v) is 8.94. The summed E-state index contributed by atoms with van der Waals surface area (Å²) in [6, 6.07) is 2.86. The average molecular weight is 388 g/mol. The second-order valence-electron chi connectivity index (χ2n) is 4.64. The van der Waals surface area contributed by atoms with Crippen LogP contribution in [-0.4, -0.2) is 38.3 Å². The lowest BCUT2D eigenvalue weighted by molar-refractivity contribution is -0.118. The van der Waals surface area contributed by atoms with Crippen molar-refractivity contribution < 1.29 is 30.6 Å². The summed E-state index contributed by atoms with van der Waals surface area (Å²) in [5.41, 5.74) is -4.68. The van der Waals surface area contributed by atoms with Crippen molar-refractivity contribution in [1.82, 2.24) is 4.90 Å². The molecule has 0 radical (unpaired) electrons. The van der Waals surface area contributed by atoms with Gasteiger partial charge in [0.1, 0.15) is 0 Å². The van der Waals surface area contributed by atoms with E-state index in [9.17, 15) is 26.4 Å². The molecule has 0 unspecified atom stereocenters. The minimum Gasteiger partial charge on any atom is -0.374 e. The zero-order chi connectivity index (χ0) is 18.5. The van der Waals surface area contributed by atoms with Gasteiger partial charge in [0, 0.05) is 18.7 Å². The van der Waals surface area contributed by atoms with Gasteiger partial charge in [-0.05, 0) is 24.5 Å². The molecule has 0 atom stereocenters. The molecule has 1 amide bonds. The summed E-state index contributed by atoms with van der Waals surface area (Å²) in [5, 5.41) is -0.230. The first kappa shape index (κ1) is 20.6. The number of carbonyl (C=O) groups is 1. The number of hydrogen-bond acceptors (Lipinski definition) is 4. The minimum absolute atomic E-state index is 0.150. The van der Waals surface area contributed by atoms with Crippen LogP contribution < -0.4 is 4.18 Å². The highest BCUT2D eigenvalue weighted by Crippen LogP contribution is 2.37. The Labute approximate surface area is 143 Å². The van der Waals surface area contributed by atoms with Gasteiger partial charge in [-0.1, -0.05) is 31.5 Å². The van der Waals surface area contributed by atoms with E-state index in [1.54, 1.807) is 6.07 Å². The van der Waals surface area contributed by atoms with Crippen LogP contribution in [-0.2, 0) is 27.8 Å². The summed E-state index contributed by atoms with van der Waals surface area (Å²) in [4.78, 5) is 12.2. The molecule has 1 aromatic rings. The number of carbonyl (C=O) groups excluding carboxylic acids is 1. The third kappa shape index (κ3) is 4.54. The standard InChI is InChI=1S/C12H11ClF3NO4S.C2H6/c13-10-2-1-8-3-5-17(7-18)6-4-9(8)11(10)21-22(19,20)12(14,15)16;1-2/h1-2,7H,3-6H2;1-2H3. The molecule has 10 heteroatoms. The van der Waals surface area contributed by atoms with Crippen LogP contribution in [0.2, 0.25) is 5.02 Å². The van der Waals surface area contributed by atoms with Crippen LogP contribution in [0.5, 0.6) is 5.75 Å². The number of hydrogen-bond donors (Lipinski definition) is 0. The van der Waals surface area contributed by atoms with Gasteiger partial charge >= 0.3 is 15.6 Å². The minimum atomic E-state index is -5.81. The summed E-state index contributed by atoms with van der Waals surface area (Å²) in [6.45, 7) is 4.61. The number of halogens is 4. The van der Waals surface area contributed by atoms with Crippen molar-refractivity contribution in [2.75, 3.05) is 13.1 Å². The smallest absolute Gasteiger partial charge is 0.374 e. The molecule has 0 N–H and O–H groups in total. The maximum absolute atomic E-state index is 12.5. The van der Waals surface area contributed by atoms with E-state index in [2.05, 4.69) is 4.18 Å². The molecule has 1 heterocycles. The van der Waals surface area contributed by atoms with Gasteiger partial charge in [-0.25, -0.2) is 0 Å². The van der Waals surface area contributed by atoms with Crippen LogP contribution in [0.4, 0.5) is 13.2 Å². The first-order valence-electron chi connectivity index (χ1n) is 7.16. The second-order valence-corrected chi connectivity index (χ2v) is 6.58. The first-order chi connectivity index (χ1) is 11.2. The van der Waals surface area contributed by atoms with Gasteiger partial charge in [-0.15, -0.1) is 0 Å². The molecule has 0 saturated carbocycles. The highest BCUT2D eigenvalue weighted by molar-refractivity contribution is 7.88. The number of fused-ring (bicyclic) bond motifs is 1. The van der Waals surface area contributed by atoms with Crippen molar-refractivity contribution in [1.29, 1.82) is 0 Å². The quantitative estimate of drug-likeness (QED) is 0.454.